The van der Waals surface area contributed by atoms with E-state index in [-0.39, 0.29) is 0 Å². The molecule has 0 amide bonds. The van der Waals surface area contributed by atoms with Crippen molar-refractivity contribution in [3.8, 4) is 0 Å². The van der Waals surface area contributed by atoms with Crippen LogP contribution in [0.4, 0.5) is 0 Å². The maximum Gasteiger partial charge on any atom is 0.145 e. The first kappa shape index (κ1) is 4.61. The number of aromatic nitrogens is 2. The fraction of sp³-hybridized carbons (Fsp3) is 0.167. The van der Waals surface area contributed by atoms with Gasteiger partial charge in [-0.1, -0.05) is 0 Å². The summed E-state index contributed by atoms with van der Waals surface area (Å²) >= 11 is 0. The summed E-state index contributed by atoms with van der Waals surface area (Å²) in [4.78, 5) is 0. The van der Waals surface area contributed by atoms with E-state index in [1.807, 2.05) is 23.2 Å². The number of hydrogen-bond donors (Lipinski definition) is 1. The lowest BCUT2D eigenvalue weighted by molar-refractivity contribution is 0.648. The zero-order valence-corrected chi connectivity index (χ0v) is 4.91. The molecule has 1 aromatic rings. The molecule has 2 rings (SSSR count). The number of allylic oxidation sites excluding steroid dienone is 1. The van der Waals surface area contributed by atoms with Crippen LogP contribution in [0.15, 0.2) is 18.3 Å². The summed E-state index contributed by atoms with van der Waals surface area (Å²) in [5, 5.41) is 7.32. The molecule has 0 saturated carbocycles. The van der Waals surface area contributed by atoms with Gasteiger partial charge in [0.2, 0.25) is 0 Å². The summed E-state index contributed by atoms with van der Waals surface area (Å²) in [6, 6.07) is 1.78. The minimum atomic E-state index is 0.545. The van der Waals surface area contributed by atoms with Gasteiger partial charge in [0.15, 0.2) is 0 Å². The normalized spacial score (nSPS) is 14.2. The third-order valence-corrected chi connectivity index (χ3v) is 1.47. The van der Waals surface area contributed by atoms with Crippen molar-refractivity contribution in [1.82, 2.24) is 9.36 Å². The fourth-order valence-corrected chi connectivity index (χ4v) is 1.01. The third-order valence-electron chi connectivity index (χ3n) is 1.47. The average molecular weight is 121 g/mol. The Balaban J connectivity index is 2.82. The lowest BCUT2D eigenvalue weighted by Crippen LogP contribution is -2.12. The zero-order valence-electron chi connectivity index (χ0n) is 4.91. The van der Waals surface area contributed by atoms with Crippen molar-refractivity contribution in [2.24, 2.45) is 0 Å². The molecule has 9 heavy (non-hydrogen) atoms. The maximum atomic E-state index is 7.32. The highest BCUT2D eigenvalue weighted by atomic mass is 15.4. The SMILES string of the molecule is N=c1ccn2n1C=CC2. The van der Waals surface area contributed by atoms with Gasteiger partial charge >= 0.3 is 0 Å². The van der Waals surface area contributed by atoms with E-state index in [1.54, 1.807) is 10.7 Å². The van der Waals surface area contributed by atoms with Crippen molar-refractivity contribution in [1.29, 1.82) is 5.41 Å². The Morgan fingerprint density at radius 1 is 1.56 bits per heavy atom. The first-order valence-electron chi connectivity index (χ1n) is 2.87. The summed E-state index contributed by atoms with van der Waals surface area (Å²) in [5.74, 6) is 0. The fourth-order valence-electron chi connectivity index (χ4n) is 1.01. The molecule has 0 bridgehead atoms. The van der Waals surface area contributed by atoms with Gasteiger partial charge in [0.1, 0.15) is 5.49 Å². The van der Waals surface area contributed by atoms with Gasteiger partial charge < -0.3 is 0 Å². The van der Waals surface area contributed by atoms with Crippen molar-refractivity contribution >= 4 is 6.20 Å². The van der Waals surface area contributed by atoms with Crippen molar-refractivity contribution in [3.05, 3.63) is 23.8 Å². The molecule has 0 radical (unpaired) electrons. The Kier molecular flexibility index (Phi) is 0.704. The first-order valence-corrected chi connectivity index (χ1v) is 2.87. The van der Waals surface area contributed by atoms with E-state index in [0.29, 0.717) is 5.49 Å². The topological polar surface area (TPSA) is 33.7 Å². The van der Waals surface area contributed by atoms with Gasteiger partial charge in [-0.3, -0.25) is 10.1 Å². The third kappa shape index (κ3) is 0.483. The van der Waals surface area contributed by atoms with Crippen molar-refractivity contribution in [3.63, 3.8) is 0 Å². The second-order valence-corrected chi connectivity index (χ2v) is 2.05. The van der Waals surface area contributed by atoms with E-state index >= 15 is 0 Å². The van der Waals surface area contributed by atoms with Crippen LogP contribution in [0.2, 0.25) is 0 Å². The Hall–Kier alpha value is -1.25. The van der Waals surface area contributed by atoms with Crippen molar-refractivity contribution in [2.75, 3.05) is 0 Å². The highest BCUT2D eigenvalue weighted by Gasteiger charge is 1.99. The van der Waals surface area contributed by atoms with E-state index in [4.69, 9.17) is 5.41 Å². The maximum absolute atomic E-state index is 7.32. The molecule has 0 fully saturated rings. The van der Waals surface area contributed by atoms with Crippen LogP contribution in [0, 0.1) is 5.41 Å². The Morgan fingerprint density at radius 3 is 3.22 bits per heavy atom. The van der Waals surface area contributed by atoms with Gasteiger partial charge in [0.05, 0.1) is 6.54 Å². The average Bonchev–Trinajstić information content (AvgIpc) is 2.35. The molecule has 1 N–H and O–H groups in total. The van der Waals surface area contributed by atoms with E-state index in [0.717, 1.165) is 6.54 Å². The van der Waals surface area contributed by atoms with Gasteiger partial charge in [0, 0.05) is 12.4 Å². The lowest BCUT2D eigenvalue weighted by Gasteiger charge is -1.95. The molecular formula is C6H7N3. The largest absolute Gasteiger partial charge is 0.283 e. The van der Waals surface area contributed by atoms with Gasteiger partial charge in [-0.15, -0.1) is 0 Å². The summed E-state index contributed by atoms with van der Waals surface area (Å²) in [6.07, 6.45) is 5.84. The minimum absolute atomic E-state index is 0.545. The summed E-state index contributed by atoms with van der Waals surface area (Å²) in [5.41, 5.74) is 0.545. The van der Waals surface area contributed by atoms with Crippen molar-refractivity contribution in [2.45, 2.75) is 6.54 Å². The van der Waals surface area contributed by atoms with Crippen LogP contribution in [0.1, 0.15) is 0 Å². The van der Waals surface area contributed by atoms with Gasteiger partial charge in [-0.25, -0.2) is 4.68 Å². The molecule has 46 valence electrons. The second-order valence-electron chi connectivity index (χ2n) is 2.05. The zero-order chi connectivity index (χ0) is 6.27. The number of fused-ring (bicyclic) bond motifs is 1. The summed E-state index contributed by atoms with van der Waals surface area (Å²) < 4.78 is 3.78. The lowest BCUT2D eigenvalue weighted by atomic mass is 10.6. The summed E-state index contributed by atoms with van der Waals surface area (Å²) in [6.45, 7) is 0.902. The molecule has 0 unspecified atom stereocenters. The first-order chi connectivity index (χ1) is 4.38. The molecule has 1 aliphatic rings. The van der Waals surface area contributed by atoms with Crippen LogP contribution in [-0.4, -0.2) is 9.36 Å². The van der Waals surface area contributed by atoms with Crippen molar-refractivity contribution < 1.29 is 0 Å². The van der Waals surface area contributed by atoms with Gasteiger partial charge in [0.25, 0.3) is 0 Å². The van der Waals surface area contributed by atoms with Gasteiger partial charge in [-0.2, -0.15) is 0 Å². The Morgan fingerprint density at radius 2 is 2.44 bits per heavy atom. The van der Waals surface area contributed by atoms with Gasteiger partial charge in [-0.05, 0) is 12.1 Å². The molecule has 1 aliphatic heterocycles. The molecule has 0 aliphatic carbocycles. The molecule has 0 saturated heterocycles. The predicted molar refractivity (Wildman–Crippen MR) is 33.6 cm³/mol. The van der Waals surface area contributed by atoms with Crippen LogP contribution < -0.4 is 5.49 Å². The molecule has 3 heteroatoms. The van der Waals surface area contributed by atoms with Crippen LogP contribution in [0.5, 0.6) is 0 Å². The van der Waals surface area contributed by atoms with E-state index < -0.39 is 0 Å². The number of nitrogens with one attached hydrogen (secondary N) is 1. The molecule has 0 atom stereocenters. The Labute approximate surface area is 52.3 Å². The molecule has 3 nitrogen and oxygen atoms in total. The molecule has 0 aromatic carbocycles. The van der Waals surface area contributed by atoms with Crippen LogP contribution in [0.3, 0.4) is 0 Å². The highest BCUT2D eigenvalue weighted by Crippen LogP contribution is 1.96. The number of rotatable bonds is 0. The molecule has 0 spiro atoms. The van der Waals surface area contributed by atoms with Crippen LogP contribution >= 0.6 is 0 Å². The smallest absolute Gasteiger partial charge is 0.145 e. The molecule has 2 heterocycles. The standard InChI is InChI=1S/C6H7N3/c7-6-2-5-8-3-1-4-9(6)8/h1-2,4-5,7H,3H2. The van der Waals surface area contributed by atoms with E-state index in [2.05, 4.69) is 0 Å². The predicted octanol–water partition coefficient (Wildman–Crippen LogP) is 0.253. The van der Waals surface area contributed by atoms with E-state index in [1.165, 1.54) is 0 Å². The Bertz CT molecular complexity index is 302. The second kappa shape index (κ2) is 1.37. The number of nitrogens with zero attached hydrogens (tertiary/aromatic N) is 2. The van der Waals surface area contributed by atoms with Crippen LogP contribution in [0.25, 0.3) is 6.20 Å². The quantitative estimate of drug-likeness (QED) is 0.510. The van der Waals surface area contributed by atoms with E-state index in [9.17, 15) is 0 Å². The molecular weight excluding hydrogens is 114 g/mol. The summed E-state index contributed by atoms with van der Waals surface area (Å²) in [7, 11) is 0. The van der Waals surface area contributed by atoms with Crippen LogP contribution in [-0.2, 0) is 6.54 Å². The monoisotopic (exact) mass is 121 g/mol. The minimum Gasteiger partial charge on any atom is -0.283 e. The highest BCUT2D eigenvalue weighted by molar-refractivity contribution is 5.23. The number of hydrogen-bond acceptors (Lipinski definition) is 1. The molecule has 1 aromatic heterocycles.